The highest BCUT2D eigenvalue weighted by atomic mass is 16.5. The van der Waals surface area contributed by atoms with E-state index in [0.29, 0.717) is 0 Å². The van der Waals surface area contributed by atoms with Gasteiger partial charge in [-0.3, -0.25) is 4.90 Å². The third-order valence-corrected chi connectivity index (χ3v) is 2.20. The Labute approximate surface area is 74.3 Å². The van der Waals surface area contributed by atoms with Gasteiger partial charge in [0, 0.05) is 13.1 Å². The van der Waals surface area contributed by atoms with Crippen molar-refractivity contribution >= 4 is 0 Å². The molecular weight excluding hydrogens is 154 g/mol. The van der Waals surface area contributed by atoms with Crippen molar-refractivity contribution in [3.8, 4) is 0 Å². The molecule has 0 unspecified atom stereocenters. The summed E-state index contributed by atoms with van der Waals surface area (Å²) in [5.41, 5.74) is 0. The summed E-state index contributed by atoms with van der Waals surface area (Å²) >= 11 is 0. The van der Waals surface area contributed by atoms with E-state index in [9.17, 15) is 0 Å². The molecule has 0 aromatic carbocycles. The second kappa shape index (κ2) is 5.51. The van der Waals surface area contributed by atoms with Crippen LogP contribution in [0.15, 0.2) is 0 Å². The minimum Gasteiger partial charge on any atom is -0.393 e. The summed E-state index contributed by atoms with van der Waals surface area (Å²) in [5.74, 6) is 0. The Morgan fingerprint density at radius 3 is 2.67 bits per heavy atom. The van der Waals surface area contributed by atoms with Gasteiger partial charge in [0.15, 0.2) is 0 Å². The number of hydrogen-bond donors (Lipinski definition) is 1. The summed E-state index contributed by atoms with van der Waals surface area (Å²) in [6.07, 6.45) is 1.86. The number of aliphatic hydroxyl groups excluding tert-OH is 1. The van der Waals surface area contributed by atoms with E-state index in [0.717, 1.165) is 45.7 Å². The normalized spacial score (nSPS) is 22.5. The first kappa shape index (κ1) is 9.96. The lowest BCUT2D eigenvalue weighted by molar-refractivity contribution is 0.0356. The maximum Gasteiger partial charge on any atom is 0.0594 e. The Balaban J connectivity index is 1.98. The van der Waals surface area contributed by atoms with Gasteiger partial charge >= 0.3 is 0 Å². The lowest BCUT2D eigenvalue weighted by atomic mass is 10.2. The van der Waals surface area contributed by atoms with E-state index in [-0.39, 0.29) is 6.10 Å². The van der Waals surface area contributed by atoms with E-state index in [1.807, 2.05) is 6.92 Å². The summed E-state index contributed by atoms with van der Waals surface area (Å²) in [6, 6.07) is 0. The molecule has 0 aromatic heterocycles. The van der Waals surface area contributed by atoms with Crippen LogP contribution in [0.1, 0.15) is 19.8 Å². The summed E-state index contributed by atoms with van der Waals surface area (Å²) in [5, 5.41) is 9.04. The van der Waals surface area contributed by atoms with Gasteiger partial charge in [0.2, 0.25) is 0 Å². The van der Waals surface area contributed by atoms with Crippen molar-refractivity contribution in [2.24, 2.45) is 0 Å². The zero-order valence-electron chi connectivity index (χ0n) is 7.83. The minimum atomic E-state index is -0.147. The second-order valence-electron chi connectivity index (χ2n) is 3.45. The van der Waals surface area contributed by atoms with E-state index in [1.165, 1.54) is 0 Å². The molecule has 1 saturated heterocycles. The average Bonchev–Trinajstić information content (AvgIpc) is 2.05. The fourth-order valence-corrected chi connectivity index (χ4v) is 1.44. The van der Waals surface area contributed by atoms with Crippen molar-refractivity contribution in [2.45, 2.75) is 25.9 Å². The molecule has 0 aliphatic carbocycles. The topological polar surface area (TPSA) is 32.7 Å². The predicted octanol–water partition coefficient (Wildman–Crippen LogP) is 0.480. The molecule has 3 heteroatoms. The molecule has 0 bridgehead atoms. The van der Waals surface area contributed by atoms with Gasteiger partial charge in [-0.15, -0.1) is 0 Å². The van der Waals surface area contributed by atoms with Gasteiger partial charge in [0.1, 0.15) is 0 Å². The third kappa shape index (κ3) is 4.04. The number of hydrogen-bond acceptors (Lipinski definition) is 3. The van der Waals surface area contributed by atoms with Gasteiger partial charge in [-0.2, -0.15) is 0 Å². The molecule has 1 N–H and O–H groups in total. The molecular formula is C9H19NO2. The largest absolute Gasteiger partial charge is 0.393 e. The summed E-state index contributed by atoms with van der Waals surface area (Å²) in [6.45, 7) is 6.80. The van der Waals surface area contributed by atoms with Gasteiger partial charge in [0.25, 0.3) is 0 Å². The van der Waals surface area contributed by atoms with E-state index in [1.54, 1.807) is 0 Å². The lowest BCUT2D eigenvalue weighted by Crippen LogP contribution is -2.37. The lowest BCUT2D eigenvalue weighted by Gasteiger charge is -2.26. The molecule has 1 aliphatic heterocycles. The van der Waals surface area contributed by atoms with Gasteiger partial charge in [0.05, 0.1) is 19.3 Å². The Kier molecular flexibility index (Phi) is 4.58. The van der Waals surface area contributed by atoms with Gasteiger partial charge in [-0.25, -0.2) is 0 Å². The quantitative estimate of drug-likeness (QED) is 0.671. The van der Waals surface area contributed by atoms with Crippen LogP contribution in [-0.4, -0.2) is 49.0 Å². The van der Waals surface area contributed by atoms with Crippen molar-refractivity contribution in [1.29, 1.82) is 0 Å². The van der Waals surface area contributed by atoms with Gasteiger partial charge in [-0.05, 0) is 26.3 Å². The number of aliphatic hydroxyl groups is 1. The maximum atomic E-state index is 9.04. The predicted molar refractivity (Wildman–Crippen MR) is 48.2 cm³/mol. The Morgan fingerprint density at radius 2 is 2.08 bits per heavy atom. The highest BCUT2D eigenvalue weighted by Gasteiger charge is 2.09. The van der Waals surface area contributed by atoms with E-state index >= 15 is 0 Å². The number of nitrogens with zero attached hydrogens (tertiary/aromatic N) is 1. The van der Waals surface area contributed by atoms with Crippen LogP contribution in [0.25, 0.3) is 0 Å². The molecule has 0 radical (unpaired) electrons. The molecule has 1 aliphatic rings. The fourth-order valence-electron chi connectivity index (χ4n) is 1.44. The highest BCUT2D eigenvalue weighted by molar-refractivity contribution is 4.62. The molecule has 72 valence electrons. The SMILES string of the molecule is C[C@@H](O)CCCN1CCOCC1. The molecule has 1 fully saturated rings. The van der Waals surface area contributed by atoms with E-state index in [4.69, 9.17) is 9.84 Å². The first-order valence-electron chi connectivity index (χ1n) is 4.77. The fraction of sp³-hybridized carbons (Fsp3) is 1.00. The van der Waals surface area contributed by atoms with Crippen LogP contribution in [0.3, 0.4) is 0 Å². The Bertz CT molecular complexity index is 111. The Morgan fingerprint density at radius 1 is 1.42 bits per heavy atom. The first-order chi connectivity index (χ1) is 5.79. The van der Waals surface area contributed by atoms with Crippen LogP contribution in [0.5, 0.6) is 0 Å². The van der Waals surface area contributed by atoms with E-state index in [2.05, 4.69) is 4.90 Å². The van der Waals surface area contributed by atoms with E-state index < -0.39 is 0 Å². The molecule has 1 heterocycles. The molecule has 3 nitrogen and oxygen atoms in total. The Hall–Kier alpha value is -0.120. The third-order valence-electron chi connectivity index (χ3n) is 2.20. The van der Waals surface area contributed by atoms with Crippen molar-refractivity contribution in [1.82, 2.24) is 4.90 Å². The van der Waals surface area contributed by atoms with Crippen LogP contribution in [0.2, 0.25) is 0 Å². The van der Waals surface area contributed by atoms with Crippen LogP contribution in [-0.2, 0) is 4.74 Å². The molecule has 1 atom stereocenters. The van der Waals surface area contributed by atoms with Gasteiger partial charge < -0.3 is 9.84 Å². The van der Waals surface area contributed by atoms with Crippen LogP contribution >= 0.6 is 0 Å². The molecule has 0 spiro atoms. The standard InChI is InChI=1S/C9H19NO2/c1-9(11)3-2-4-10-5-7-12-8-6-10/h9,11H,2-8H2,1H3/t9-/m1/s1. The molecule has 0 amide bonds. The summed E-state index contributed by atoms with van der Waals surface area (Å²) < 4.78 is 5.24. The maximum absolute atomic E-state index is 9.04. The molecule has 0 aromatic rings. The van der Waals surface area contributed by atoms with Crippen molar-refractivity contribution in [2.75, 3.05) is 32.8 Å². The van der Waals surface area contributed by atoms with Crippen LogP contribution in [0, 0.1) is 0 Å². The van der Waals surface area contributed by atoms with Crippen molar-refractivity contribution in [3.05, 3.63) is 0 Å². The molecule has 12 heavy (non-hydrogen) atoms. The van der Waals surface area contributed by atoms with Crippen LogP contribution < -0.4 is 0 Å². The average molecular weight is 173 g/mol. The van der Waals surface area contributed by atoms with Gasteiger partial charge in [-0.1, -0.05) is 0 Å². The van der Waals surface area contributed by atoms with Crippen molar-refractivity contribution < 1.29 is 9.84 Å². The zero-order valence-corrected chi connectivity index (χ0v) is 7.83. The highest BCUT2D eigenvalue weighted by Crippen LogP contribution is 2.01. The number of ether oxygens (including phenoxy) is 1. The number of rotatable bonds is 4. The molecule has 0 saturated carbocycles. The molecule has 1 rings (SSSR count). The zero-order chi connectivity index (χ0) is 8.81. The number of morpholine rings is 1. The van der Waals surface area contributed by atoms with Crippen molar-refractivity contribution in [3.63, 3.8) is 0 Å². The summed E-state index contributed by atoms with van der Waals surface area (Å²) in [7, 11) is 0. The van der Waals surface area contributed by atoms with Crippen LogP contribution in [0.4, 0.5) is 0 Å². The first-order valence-corrected chi connectivity index (χ1v) is 4.77. The minimum absolute atomic E-state index is 0.147. The summed E-state index contributed by atoms with van der Waals surface area (Å²) in [4.78, 5) is 2.39. The smallest absolute Gasteiger partial charge is 0.0594 e. The monoisotopic (exact) mass is 173 g/mol. The second-order valence-corrected chi connectivity index (χ2v) is 3.45.